The maximum Gasteiger partial charge on any atom is 0.244 e. The predicted molar refractivity (Wildman–Crippen MR) is 95.5 cm³/mol. The van der Waals surface area contributed by atoms with Gasteiger partial charge in [0.1, 0.15) is 11.6 Å². The van der Waals surface area contributed by atoms with Crippen LogP contribution in [0.3, 0.4) is 0 Å². The standard InChI is InChI=1S/C19H22N4O/c1-15-13-18(23-11-5-6-12-23)22-17(21-15)14-20-19(24)10-9-16-7-3-2-4-8-16/h2-4,7-10,13H,5-6,11-12,14H2,1H3,(H,20,24)/b10-9+. The maximum absolute atomic E-state index is 12.0. The number of hydrogen-bond acceptors (Lipinski definition) is 4. The van der Waals surface area contributed by atoms with Crippen LogP contribution >= 0.6 is 0 Å². The van der Waals surface area contributed by atoms with Crippen molar-refractivity contribution in [2.45, 2.75) is 26.3 Å². The Morgan fingerprint density at radius 3 is 2.71 bits per heavy atom. The second kappa shape index (κ2) is 7.73. The van der Waals surface area contributed by atoms with E-state index in [0.717, 1.165) is 30.2 Å². The van der Waals surface area contributed by atoms with Gasteiger partial charge in [0.25, 0.3) is 0 Å². The molecule has 24 heavy (non-hydrogen) atoms. The lowest BCUT2D eigenvalue weighted by atomic mass is 10.2. The highest BCUT2D eigenvalue weighted by Gasteiger charge is 2.15. The van der Waals surface area contributed by atoms with Crippen LogP contribution in [-0.2, 0) is 11.3 Å². The van der Waals surface area contributed by atoms with Crippen molar-refractivity contribution in [3.05, 3.63) is 59.6 Å². The van der Waals surface area contributed by atoms with Gasteiger partial charge in [-0.3, -0.25) is 4.79 Å². The Morgan fingerprint density at radius 2 is 1.96 bits per heavy atom. The molecule has 3 rings (SSSR count). The molecule has 2 heterocycles. The number of nitrogens with one attached hydrogen (secondary N) is 1. The summed E-state index contributed by atoms with van der Waals surface area (Å²) in [7, 11) is 0. The van der Waals surface area contributed by atoms with Crippen molar-refractivity contribution >= 4 is 17.8 Å². The van der Waals surface area contributed by atoms with Crippen LogP contribution in [0, 0.1) is 6.92 Å². The van der Waals surface area contributed by atoms with E-state index in [2.05, 4.69) is 20.2 Å². The topological polar surface area (TPSA) is 58.1 Å². The molecule has 1 saturated heterocycles. The van der Waals surface area contributed by atoms with Crippen LogP contribution < -0.4 is 10.2 Å². The summed E-state index contributed by atoms with van der Waals surface area (Å²) < 4.78 is 0. The van der Waals surface area contributed by atoms with E-state index in [-0.39, 0.29) is 5.91 Å². The summed E-state index contributed by atoms with van der Waals surface area (Å²) in [6.07, 6.45) is 5.74. The number of rotatable bonds is 5. The summed E-state index contributed by atoms with van der Waals surface area (Å²) in [6, 6.07) is 11.7. The predicted octanol–water partition coefficient (Wildman–Crippen LogP) is 2.71. The van der Waals surface area contributed by atoms with E-state index in [0.29, 0.717) is 12.4 Å². The van der Waals surface area contributed by atoms with Crippen LogP contribution in [0.4, 0.5) is 5.82 Å². The fourth-order valence-electron chi connectivity index (χ4n) is 2.76. The van der Waals surface area contributed by atoms with Gasteiger partial charge in [-0.2, -0.15) is 0 Å². The van der Waals surface area contributed by atoms with Crippen molar-refractivity contribution in [2.24, 2.45) is 0 Å². The van der Waals surface area contributed by atoms with Gasteiger partial charge in [-0.1, -0.05) is 30.3 Å². The number of aryl methyl sites for hydroxylation is 1. The third-order valence-corrected chi connectivity index (χ3v) is 3.96. The Morgan fingerprint density at radius 1 is 1.21 bits per heavy atom. The zero-order chi connectivity index (χ0) is 16.8. The highest BCUT2D eigenvalue weighted by atomic mass is 16.1. The van der Waals surface area contributed by atoms with Crippen molar-refractivity contribution in [3.63, 3.8) is 0 Å². The monoisotopic (exact) mass is 322 g/mol. The highest BCUT2D eigenvalue weighted by molar-refractivity contribution is 5.91. The molecule has 1 amide bonds. The number of carbonyl (C=O) groups is 1. The molecule has 2 aromatic rings. The molecule has 0 radical (unpaired) electrons. The number of anilines is 1. The fraction of sp³-hybridized carbons (Fsp3) is 0.316. The largest absolute Gasteiger partial charge is 0.357 e. The number of amides is 1. The Kier molecular flexibility index (Phi) is 5.21. The second-order valence-corrected chi connectivity index (χ2v) is 5.94. The lowest BCUT2D eigenvalue weighted by Crippen LogP contribution is -2.24. The zero-order valence-electron chi connectivity index (χ0n) is 13.9. The van der Waals surface area contributed by atoms with Crippen LogP contribution in [-0.4, -0.2) is 29.0 Å². The number of benzene rings is 1. The number of nitrogens with zero attached hydrogens (tertiary/aromatic N) is 3. The molecule has 0 aliphatic carbocycles. The molecule has 1 fully saturated rings. The SMILES string of the molecule is Cc1cc(N2CCCC2)nc(CNC(=O)/C=C/c2ccccc2)n1. The Balaban J connectivity index is 1.59. The van der Waals surface area contributed by atoms with Gasteiger partial charge in [0, 0.05) is 30.9 Å². The van der Waals surface area contributed by atoms with Gasteiger partial charge in [-0.15, -0.1) is 0 Å². The fourth-order valence-corrected chi connectivity index (χ4v) is 2.76. The molecule has 0 unspecified atom stereocenters. The summed E-state index contributed by atoms with van der Waals surface area (Å²) in [6.45, 7) is 4.38. The highest BCUT2D eigenvalue weighted by Crippen LogP contribution is 2.18. The zero-order valence-corrected chi connectivity index (χ0v) is 13.9. The number of carbonyl (C=O) groups excluding carboxylic acids is 1. The molecule has 1 aliphatic heterocycles. The van der Waals surface area contributed by atoms with Crippen LogP contribution in [0.15, 0.2) is 42.5 Å². The van der Waals surface area contributed by atoms with Gasteiger partial charge in [0.15, 0.2) is 0 Å². The molecular formula is C19H22N4O. The molecule has 0 bridgehead atoms. The van der Waals surface area contributed by atoms with Gasteiger partial charge >= 0.3 is 0 Å². The summed E-state index contributed by atoms with van der Waals surface area (Å²) in [5.74, 6) is 1.47. The van der Waals surface area contributed by atoms with Crippen LogP contribution in [0.2, 0.25) is 0 Å². The Hall–Kier alpha value is -2.69. The van der Waals surface area contributed by atoms with Crippen LogP contribution in [0.1, 0.15) is 29.9 Å². The average Bonchev–Trinajstić information content (AvgIpc) is 3.13. The minimum Gasteiger partial charge on any atom is -0.357 e. The van der Waals surface area contributed by atoms with E-state index in [9.17, 15) is 4.79 Å². The van der Waals surface area contributed by atoms with E-state index >= 15 is 0 Å². The quantitative estimate of drug-likeness (QED) is 0.860. The average molecular weight is 322 g/mol. The normalized spacial score (nSPS) is 14.3. The van der Waals surface area contributed by atoms with Gasteiger partial charge < -0.3 is 10.2 Å². The first kappa shape index (κ1) is 16.2. The molecule has 1 N–H and O–H groups in total. The van der Waals surface area contributed by atoms with Crippen molar-refractivity contribution in [1.82, 2.24) is 15.3 Å². The first-order valence-corrected chi connectivity index (χ1v) is 8.31. The van der Waals surface area contributed by atoms with Crippen molar-refractivity contribution in [3.8, 4) is 0 Å². The van der Waals surface area contributed by atoms with E-state index in [1.807, 2.05) is 43.3 Å². The van der Waals surface area contributed by atoms with Gasteiger partial charge in [-0.05, 0) is 31.4 Å². The minimum absolute atomic E-state index is 0.147. The molecule has 1 aliphatic rings. The van der Waals surface area contributed by atoms with Crippen molar-refractivity contribution < 1.29 is 4.79 Å². The van der Waals surface area contributed by atoms with Gasteiger partial charge in [0.05, 0.1) is 6.54 Å². The van der Waals surface area contributed by atoms with Crippen LogP contribution in [0.5, 0.6) is 0 Å². The second-order valence-electron chi connectivity index (χ2n) is 5.94. The molecule has 5 nitrogen and oxygen atoms in total. The van der Waals surface area contributed by atoms with Gasteiger partial charge in [0.2, 0.25) is 5.91 Å². The molecule has 0 saturated carbocycles. The molecule has 0 atom stereocenters. The van der Waals surface area contributed by atoms with Crippen LogP contribution in [0.25, 0.3) is 6.08 Å². The Labute approximate surface area is 142 Å². The van der Waals surface area contributed by atoms with Crippen molar-refractivity contribution in [1.29, 1.82) is 0 Å². The van der Waals surface area contributed by atoms with Gasteiger partial charge in [-0.25, -0.2) is 9.97 Å². The lowest BCUT2D eigenvalue weighted by Gasteiger charge is -2.17. The lowest BCUT2D eigenvalue weighted by molar-refractivity contribution is -0.116. The van der Waals surface area contributed by atoms with E-state index in [1.165, 1.54) is 18.9 Å². The molecule has 1 aromatic carbocycles. The summed E-state index contributed by atoms with van der Waals surface area (Å²) in [5.41, 5.74) is 1.92. The molecule has 0 spiro atoms. The number of aromatic nitrogens is 2. The summed E-state index contributed by atoms with van der Waals surface area (Å²) in [4.78, 5) is 23.2. The summed E-state index contributed by atoms with van der Waals surface area (Å²) >= 11 is 0. The maximum atomic E-state index is 12.0. The Bertz CT molecular complexity index is 721. The molecule has 5 heteroatoms. The number of hydrogen-bond donors (Lipinski definition) is 1. The van der Waals surface area contributed by atoms with Crippen molar-refractivity contribution in [2.75, 3.05) is 18.0 Å². The first-order valence-electron chi connectivity index (χ1n) is 8.31. The minimum atomic E-state index is -0.147. The summed E-state index contributed by atoms with van der Waals surface area (Å²) in [5, 5.41) is 2.84. The third-order valence-electron chi connectivity index (χ3n) is 3.96. The third kappa shape index (κ3) is 4.41. The van der Waals surface area contributed by atoms with E-state index in [4.69, 9.17) is 0 Å². The van der Waals surface area contributed by atoms with E-state index < -0.39 is 0 Å². The molecule has 124 valence electrons. The molecule has 1 aromatic heterocycles. The smallest absolute Gasteiger partial charge is 0.244 e. The molecular weight excluding hydrogens is 300 g/mol. The van der Waals surface area contributed by atoms with E-state index in [1.54, 1.807) is 6.08 Å². The first-order chi connectivity index (χ1) is 11.7.